The molecule has 0 aromatic heterocycles. The van der Waals surface area contributed by atoms with Crippen molar-refractivity contribution in [2.45, 2.75) is 26.9 Å². The number of hydrogen-bond acceptors (Lipinski definition) is 1. The number of benzene rings is 3. The first-order chi connectivity index (χ1) is 12.7. The molecular weight excluding hydrogens is 423 g/mol. The quantitative estimate of drug-likeness (QED) is 0.496. The van der Waals surface area contributed by atoms with E-state index in [-0.39, 0.29) is 24.8 Å². The molecule has 28 heavy (non-hydrogen) atoms. The summed E-state index contributed by atoms with van der Waals surface area (Å²) < 4.78 is 7.69. The van der Waals surface area contributed by atoms with Crippen molar-refractivity contribution in [3.8, 4) is 0 Å². The van der Waals surface area contributed by atoms with Crippen molar-refractivity contribution >= 4 is 20.2 Å². The zero-order chi connectivity index (χ0) is 17.9. The summed E-state index contributed by atoms with van der Waals surface area (Å²) in [5, 5.41) is 2.65. The van der Waals surface area contributed by atoms with Gasteiger partial charge >= 0.3 is 165 Å². The average molecular weight is 445 g/mol. The van der Waals surface area contributed by atoms with Gasteiger partial charge in [0.1, 0.15) is 0 Å². The van der Waals surface area contributed by atoms with Crippen molar-refractivity contribution in [1.82, 2.24) is 0 Å². The van der Waals surface area contributed by atoms with Crippen molar-refractivity contribution in [3.05, 3.63) is 95.1 Å². The second-order valence-corrected chi connectivity index (χ2v) is 8.46. The van der Waals surface area contributed by atoms with E-state index in [0.717, 1.165) is 6.42 Å². The first kappa shape index (κ1) is 22.9. The molecule has 0 bridgehead atoms. The molecule has 0 spiro atoms. The molecule has 0 atom stereocenters. The maximum absolute atomic E-state index is 6.26. The summed E-state index contributed by atoms with van der Waals surface area (Å²) in [5.74, 6) is 0. The van der Waals surface area contributed by atoms with E-state index >= 15 is 0 Å². The fourth-order valence-corrected chi connectivity index (χ4v) is 5.30. The Balaban J connectivity index is 0.00000140. The Labute approximate surface area is 189 Å². The minimum absolute atomic E-state index is 0. The third kappa shape index (κ3) is 4.98. The van der Waals surface area contributed by atoms with Gasteiger partial charge in [-0.3, -0.25) is 0 Å². The van der Waals surface area contributed by atoms with Crippen LogP contribution < -0.4 is 28.7 Å². The van der Waals surface area contributed by atoms with Crippen molar-refractivity contribution in [1.29, 1.82) is 0 Å². The van der Waals surface area contributed by atoms with Crippen molar-refractivity contribution in [2.24, 2.45) is 0 Å². The van der Waals surface area contributed by atoms with E-state index in [1.165, 1.54) is 42.5 Å². The van der Waals surface area contributed by atoms with Gasteiger partial charge in [-0.05, 0) is 0 Å². The molecule has 3 aromatic rings. The van der Waals surface area contributed by atoms with E-state index in [4.69, 9.17) is 3.32 Å². The summed E-state index contributed by atoms with van der Waals surface area (Å²) in [6, 6.07) is 23.7. The third-order valence-corrected chi connectivity index (χ3v) is 6.52. The molecular formula is C24H22Cl2OTi. The van der Waals surface area contributed by atoms with Gasteiger partial charge in [-0.25, -0.2) is 0 Å². The molecule has 0 aliphatic heterocycles. The largest absolute Gasteiger partial charge is 1.00 e. The zero-order valence-electron chi connectivity index (χ0n) is 16.0. The Morgan fingerprint density at radius 1 is 0.857 bits per heavy atom. The maximum Gasteiger partial charge on any atom is -1.00 e. The van der Waals surface area contributed by atoms with Gasteiger partial charge in [0.05, 0.1) is 0 Å². The number of halogens is 2. The normalized spacial score (nSPS) is 12.9. The molecule has 0 heterocycles. The molecule has 0 saturated heterocycles. The van der Waals surface area contributed by atoms with Gasteiger partial charge in [0, 0.05) is 0 Å². The Morgan fingerprint density at radius 3 is 2.29 bits per heavy atom. The first-order valence-corrected chi connectivity index (χ1v) is 10.4. The molecule has 1 aliphatic rings. The Kier molecular flexibility index (Phi) is 8.55. The van der Waals surface area contributed by atoms with Gasteiger partial charge in [0.15, 0.2) is 0 Å². The number of rotatable bonds is 5. The fourth-order valence-electron chi connectivity index (χ4n) is 3.63. The summed E-state index contributed by atoms with van der Waals surface area (Å²) in [6.45, 7) is 5.15. The Hall–Kier alpha value is -1.35. The first-order valence-electron chi connectivity index (χ1n) is 9.03. The summed E-state index contributed by atoms with van der Waals surface area (Å²) >= 11 is -0.690. The van der Waals surface area contributed by atoms with Crippen LogP contribution in [0.1, 0.15) is 31.4 Å². The maximum atomic E-state index is 6.26. The fraction of sp³-hybridized carbons (Fsp3) is 0.167. The second kappa shape index (κ2) is 10.4. The van der Waals surface area contributed by atoms with Gasteiger partial charge in [0.2, 0.25) is 0 Å². The van der Waals surface area contributed by atoms with Crippen LogP contribution in [0.15, 0.2) is 84.0 Å². The summed E-state index contributed by atoms with van der Waals surface area (Å²) in [5.41, 5.74) is 6.94. The summed E-state index contributed by atoms with van der Waals surface area (Å²) in [4.78, 5) is 0. The topological polar surface area (TPSA) is 9.23 Å². The Morgan fingerprint density at radius 2 is 1.57 bits per heavy atom. The SMILES string of the molecule is CC1=CC(C)=C(c2ccc3ccccc3[c]2[Ti+2][O]Cc2ccccc2)C1.[Cl-].[Cl-]. The number of allylic oxidation sites excluding steroid dienone is 4. The minimum Gasteiger partial charge on any atom is -1.00 e. The van der Waals surface area contributed by atoms with Crippen LogP contribution in [0.5, 0.6) is 0 Å². The van der Waals surface area contributed by atoms with Crippen LogP contribution in [0.25, 0.3) is 16.3 Å². The molecule has 0 radical (unpaired) electrons. The smallest absolute Gasteiger partial charge is 1.00 e. The van der Waals surface area contributed by atoms with Gasteiger partial charge in [-0.1, -0.05) is 0 Å². The summed E-state index contributed by atoms with van der Waals surface area (Å²) in [6.07, 6.45) is 3.38. The molecule has 0 saturated carbocycles. The summed E-state index contributed by atoms with van der Waals surface area (Å²) in [7, 11) is 0. The second-order valence-electron chi connectivity index (χ2n) is 6.91. The van der Waals surface area contributed by atoms with E-state index in [2.05, 4.69) is 80.6 Å². The Bertz CT molecular complexity index is 1010. The number of fused-ring (bicyclic) bond motifs is 1. The van der Waals surface area contributed by atoms with Crippen molar-refractivity contribution in [2.75, 3.05) is 0 Å². The van der Waals surface area contributed by atoms with Gasteiger partial charge in [-0.15, -0.1) is 0 Å². The molecule has 3 aromatic carbocycles. The molecule has 0 unspecified atom stereocenters. The van der Waals surface area contributed by atoms with E-state index in [0.29, 0.717) is 6.61 Å². The molecule has 4 heteroatoms. The van der Waals surface area contributed by atoms with Crippen LogP contribution in [-0.2, 0) is 29.5 Å². The van der Waals surface area contributed by atoms with Gasteiger partial charge in [0.25, 0.3) is 0 Å². The third-order valence-electron chi connectivity index (χ3n) is 4.90. The van der Waals surface area contributed by atoms with E-state index in [9.17, 15) is 0 Å². The van der Waals surface area contributed by atoms with E-state index < -0.39 is 19.5 Å². The van der Waals surface area contributed by atoms with Gasteiger partial charge < -0.3 is 24.8 Å². The van der Waals surface area contributed by atoms with Crippen LogP contribution in [0.3, 0.4) is 0 Å². The van der Waals surface area contributed by atoms with Crippen LogP contribution >= 0.6 is 0 Å². The predicted octanol–water partition coefficient (Wildman–Crippen LogP) is -0.189. The van der Waals surface area contributed by atoms with Crippen molar-refractivity contribution in [3.63, 3.8) is 0 Å². The molecule has 4 rings (SSSR count). The monoisotopic (exact) mass is 444 g/mol. The zero-order valence-corrected chi connectivity index (χ0v) is 19.1. The molecule has 1 aliphatic carbocycles. The molecule has 0 amide bonds. The van der Waals surface area contributed by atoms with E-state index in [1.54, 1.807) is 0 Å². The van der Waals surface area contributed by atoms with Crippen LogP contribution in [-0.4, -0.2) is 0 Å². The predicted molar refractivity (Wildman–Crippen MR) is 106 cm³/mol. The van der Waals surface area contributed by atoms with Crippen molar-refractivity contribution < 1.29 is 47.7 Å². The molecule has 0 N–H and O–H groups in total. The molecule has 142 valence electrons. The minimum atomic E-state index is -0.690. The average Bonchev–Trinajstić information content (AvgIpc) is 3.00. The van der Waals surface area contributed by atoms with Crippen LogP contribution in [0.2, 0.25) is 0 Å². The number of hydrogen-bond donors (Lipinski definition) is 0. The molecule has 1 nitrogen and oxygen atoms in total. The van der Waals surface area contributed by atoms with Crippen LogP contribution in [0, 0.1) is 0 Å². The van der Waals surface area contributed by atoms with Gasteiger partial charge in [-0.2, -0.15) is 0 Å². The molecule has 0 fully saturated rings. The van der Waals surface area contributed by atoms with Crippen LogP contribution in [0.4, 0.5) is 0 Å². The standard InChI is InChI=1S/C17H15.C7H7O.2ClH.Ti/c1-12-9-13(2)17(10-12)16-8-7-14-5-3-4-6-15(14)11-16;8-6-7-4-2-1-3-5-7;;;/h3-9H,10H2,1-2H3;1-5H,6H2;2*1H;/q;-1;;;+3/p-2. The van der Waals surface area contributed by atoms with E-state index in [1.807, 2.05) is 6.07 Å².